The third-order valence-electron chi connectivity index (χ3n) is 4.11. The van der Waals surface area contributed by atoms with E-state index in [4.69, 9.17) is 0 Å². The lowest BCUT2D eigenvalue weighted by molar-refractivity contribution is -0.142. The molecule has 0 bridgehead atoms. The van der Waals surface area contributed by atoms with Crippen LogP contribution >= 0.6 is 15.9 Å². The zero-order chi connectivity index (χ0) is 15.7. The van der Waals surface area contributed by atoms with Crippen LogP contribution in [0.2, 0.25) is 0 Å². The lowest BCUT2D eigenvalue weighted by Crippen LogP contribution is -2.35. The van der Waals surface area contributed by atoms with Crippen LogP contribution in [0.25, 0.3) is 5.69 Å². The minimum Gasteiger partial charge on any atom is -0.480 e. The number of likely N-dealkylation sites (tertiary alicyclic amines) is 1. The Morgan fingerprint density at radius 2 is 2.14 bits per heavy atom. The van der Waals surface area contributed by atoms with Gasteiger partial charge in [0.15, 0.2) is 0 Å². The second-order valence-electron chi connectivity index (χ2n) is 5.63. The van der Waals surface area contributed by atoms with Crippen LogP contribution in [-0.2, 0) is 11.3 Å². The first-order chi connectivity index (χ1) is 10.5. The molecule has 6 heteroatoms. The van der Waals surface area contributed by atoms with Crippen LogP contribution in [0.4, 0.5) is 0 Å². The second-order valence-corrected chi connectivity index (χ2v) is 6.54. The summed E-state index contributed by atoms with van der Waals surface area (Å²) in [6.45, 7) is 3.44. The van der Waals surface area contributed by atoms with Crippen molar-refractivity contribution in [3.8, 4) is 5.69 Å². The molecule has 116 valence electrons. The summed E-state index contributed by atoms with van der Waals surface area (Å²) in [5, 5.41) is 13.8. The first kappa shape index (κ1) is 15.2. The van der Waals surface area contributed by atoms with E-state index < -0.39 is 5.97 Å². The second kappa shape index (κ2) is 6.22. The summed E-state index contributed by atoms with van der Waals surface area (Å²) in [4.78, 5) is 13.3. The zero-order valence-corrected chi connectivity index (χ0v) is 14.0. The average Bonchev–Trinajstić information content (AvgIpc) is 3.08. The van der Waals surface area contributed by atoms with Crippen molar-refractivity contribution >= 4 is 21.9 Å². The molecule has 1 unspecified atom stereocenters. The van der Waals surface area contributed by atoms with Crippen molar-refractivity contribution < 1.29 is 9.90 Å². The highest BCUT2D eigenvalue weighted by molar-refractivity contribution is 9.10. The van der Waals surface area contributed by atoms with Gasteiger partial charge in [0.05, 0.1) is 11.4 Å². The molecule has 1 saturated heterocycles. The molecular weight excluding hydrogens is 346 g/mol. The Morgan fingerprint density at radius 1 is 1.41 bits per heavy atom. The van der Waals surface area contributed by atoms with E-state index >= 15 is 0 Å². The molecule has 3 rings (SSSR count). The third kappa shape index (κ3) is 3.08. The molecule has 1 aliphatic heterocycles. The van der Waals surface area contributed by atoms with Gasteiger partial charge < -0.3 is 5.11 Å². The van der Waals surface area contributed by atoms with Crippen molar-refractivity contribution in [2.75, 3.05) is 6.54 Å². The Hall–Kier alpha value is -1.66. The molecule has 1 N–H and O–H groups in total. The number of aliphatic carboxylic acids is 1. The maximum Gasteiger partial charge on any atom is 0.320 e. The van der Waals surface area contributed by atoms with Crippen LogP contribution in [0, 0.1) is 6.92 Å². The van der Waals surface area contributed by atoms with Crippen LogP contribution in [0.5, 0.6) is 0 Å². The monoisotopic (exact) mass is 363 g/mol. The Kier molecular flexibility index (Phi) is 4.31. The number of aryl methyl sites for hydroxylation is 1. The van der Waals surface area contributed by atoms with Crippen molar-refractivity contribution in [2.24, 2.45) is 0 Å². The van der Waals surface area contributed by atoms with Crippen LogP contribution in [0.1, 0.15) is 24.1 Å². The first-order valence-corrected chi connectivity index (χ1v) is 8.12. The van der Waals surface area contributed by atoms with Gasteiger partial charge in [-0.25, -0.2) is 4.68 Å². The van der Waals surface area contributed by atoms with Crippen molar-refractivity contribution in [1.29, 1.82) is 0 Å². The third-order valence-corrected chi connectivity index (χ3v) is 4.64. The van der Waals surface area contributed by atoms with Gasteiger partial charge in [0, 0.05) is 22.8 Å². The highest BCUT2D eigenvalue weighted by atomic mass is 79.9. The van der Waals surface area contributed by atoms with Crippen LogP contribution in [0.3, 0.4) is 0 Å². The molecule has 5 nitrogen and oxygen atoms in total. The number of carboxylic acids is 1. The van der Waals surface area contributed by atoms with Gasteiger partial charge in [0.25, 0.3) is 0 Å². The fourth-order valence-electron chi connectivity index (χ4n) is 2.89. The largest absolute Gasteiger partial charge is 0.480 e. The number of carboxylic acid groups (broad SMARTS) is 1. The number of aromatic nitrogens is 2. The van der Waals surface area contributed by atoms with Gasteiger partial charge >= 0.3 is 5.97 Å². The maximum absolute atomic E-state index is 11.3. The predicted molar refractivity (Wildman–Crippen MR) is 87.1 cm³/mol. The first-order valence-electron chi connectivity index (χ1n) is 7.32. The number of nitrogens with zero attached hydrogens (tertiary/aromatic N) is 3. The molecule has 2 aromatic rings. The molecule has 1 atom stereocenters. The minimum absolute atomic E-state index is 0.365. The van der Waals surface area contributed by atoms with E-state index in [9.17, 15) is 9.90 Å². The zero-order valence-electron chi connectivity index (χ0n) is 12.4. The van der Waals surface area contributed by atoms with Gasteiger partial charge in [0.1, 0.15) is 6.04 Å². The Bertz CT molecular complexity index is 681. The number of hydrogen-bond acceptors (Lipinski definition) is 3. The molecule has 1 fully saturated rings. The molecule has 0 amide bonds. The summed E-state index contributed by atoms with van der Waals surface area (Å²) in [6, 6.07) is 7.59. The average molecular weight is 364 g/mol. The van der Waals surface area contributed by atoms with E-state index in [0.29, 0.717) is 6.54 Å². The van der Waals surface area contributed by atoms with Crippen molar-refractivity contribution in [2.45, 2.75) is 32.4 Å². The van der Waals surface area contributed by atoms with E-state index in [1.165, 1.54) is 0 Å². The molecule has 0 radical (unpaired) electrons. The molecule has 1 aromatic heterocycles. The van der Waals surface area contributed by atoms with Gasteiger partial charge in [-0.05, 0) is 50.6 Å². The Morgan fingerprint density at radius 3 is 2.82 bits per heavy atom. The molecule has 2 heterocycles. The molecule has 0 spiro atoms. The van der Waals surface area contributed by atoms with Gasteiger partial charge in [-0.1, -0.05) is 15.9 Å². The standard InChI is InChI=1S/C16H18BrN3O2/c1-11-12(9-19-8-2-3-15(19)16(21)22)10-20(18-11)14-6-4-13(17)5-7-14/h4-7,10,15H,2-3,8-9H2,1H3,(H,21,22). The number of hydrogen-bond donors (Lipinski definition) is 1. The van der Waals surface area contributed by atoms with Crippen molar-refractivity contribution in [3.05, 3.63) is 46.2 Å². The molecule has 0 aliphatic carbocycles. The number of rotatable bonds is 4. The molecule has 1 aliphatic rings. The van der Waals surface area contributed by atoms with Crippen molar-refractivity contribution in [1.82, 2.24) is 14.7 Å². The normalized spacial score (nSPS) is 18.7. The molecule has 1 aromatic carbocycles. The number of carbonyl (C=O) groups is 1. The lowest BCUT2D eigenvalue weighted by Gasteiger charge is -2.20. The Balaban J connectivity index is 1.80. The van der Waals surface area contributed by atoms with Crippen LogP contribution in [-0.4, -0.2) is 38.3 Å². The minimum atomic E-state index is -0.726. The van der Waals surface area contributed by atoms with E-state index in [1.807, 2.05) is 47.0 Å². The van der Waals surface area contributed by atoms with Gasteiger partial charge in [-0.3, -0.25) is 9.69 Å². The maximum atomic E-state index is 11.3. The van der Waals surface area contributed by atoms with Crippen LogP contribution < -0.4 is 0 Å². The van der Waals surface area contributed by atoms with E-state index in [0.717, 1.165) is 40.8 Å². The summed E-state index contributed by atoms with van der Waals surface area (Å²) in [6.07, 6.45) is 3.67. The topological polar surface area (TPSA) is 58.4 Å². The predicted octanol–water partition coefficient (Wildman–Crippen LogP) is 2.99. The molecule has 22 heavy (non-hydrogen) atoms. The van der Waals surface area contributed by atoms with Crippen molar-refractivity contribution in [3.63, 3.8) is 0 Å². The quantitative estimate of drug-likeness (QED) is 0.906. The molecular formula is C16H18BrN3O2. The molecule has 0 saturated carbocycles. The fraction of sp³-hybridized carbons (Fsp3) is 0.375. The summed E-state index contributed by atoms with van der Waals surface area (Å²) in [7, 11) is 0. The van der Waals surface area contributed by atoms with Crippen LogP contribution in [0.15, 0.2) is 34.9 Å². The van der Waals surface area contributed by atoms with E-state index in [1.54, 1.807) is 0 Å². The smallest absolute Gasteiger partial charge is 0.320 e. The van der Waals surface area contributed by atoms with Gasteiger partial charge in [0.2, 0.25) is 0 Å². The number of benzene rings is 1. The van der Waals surface area contributed by atoms with Gasteiger partial charge in [-0.2, -0.15) is 5.10 Å². The Labute approximate surface area is 137 Å². The lowest BCUT2D eigenvalue weighted by atomic mass is 10.2. The summed E-state index contributed by atoms with van der Waals surface area (Å²) in [5.74, 6) is -0.726. The summed E-state index contributed by atoms with van der Waals surface area (Å²) < 4.78 is 2.88. The fourth-order valence-corrected chi connectivity index (χ4v) is 3.16. The summed E-state index contributed by atoms with van der Waals surface area (Å²) >= 11 is 3.42. The SMILES string of the molecule is Cc1nn(-c2ccc(Br)cc2)cc1CN1CCCC1C(=O)O. The highest BCUT2D eigenvalue weighted by Gasteiger charge is 2.30. The van der Waals surface area contributed by atoms with E-state index in [-0.39, 0.29) is 6.04 Å². The van der Waals surface area contributed by atoms with E-state index in [2.05, 4.69) is 21.0 Å². The highest BCUT2D eigenvalue weighted by Crippen LogP contribution is 2.22. The summed E-state index contributed by atoms with van der Waals surface area (Å²) in [5.41, 5.74) is 3.02. The van der Waals surface area contributed by atoms with Gasteiger partial charge in [-0.15, -0.1) is 0 Å². The number of halogens is 1.